The Bertz CT molecular complexity index is 1090. The molecule has 3 rings (SSSR count). The summed E-state index contributed by atoms with van der Waals surface area (Å²) < 4.78 is 0. The maximum Gasteiger partial charge on any atom is 0.251 e. The van der Waals surface area contributed by atoms with Crippen LogP contribution in [0.25, 0.3) is 5.70 Å². The fraction of sp³-hybridized carbons (Fsp3) is 0.125. The Morgan fingerprint density at radius 2 is 1.87 bits per heavy atom. The summed E-state index contributed by atoms with van der Waals surface area (Å²) in [6.45, 7) is 2.37. The van der Waals surface area contributed by atoms with E-state index in [1.54, 1.807) is 36.5 Å². The van der Waals surface area contributed by atoms with Gasteiger partial charge in [-0.3, -0.25) is 9.78 Å². The van der Waals surface area contributed by atoms with Crippen molar-refractivity contribution in [2.24, 2.45) is 5.73 Å². The quantitative estimate of drug-likeness (QED) is 0.497. The standard InChI is InChI=1S/C24H23ClN4O/c1-16-9-10-17(14-21(16)25)22(26)15-23(27)19-7-2-3-8-20(19)24(30)29-13-11-18-6-4-5-12-28-18/h2-10,12,14-15,26H,11,13,27H2,1H3,(H,29,30). The third kappa shape index (κ3) is 5.33. The van der Waals surface area contributed by atoms with Crippen LogP contribution in [0.4, 0.5) is 0 Å². The maximum absolute atomic E-state index is 12.7. The molecule has 4 N–H and O–H groups in total. The van der Waals surface area contributed by atoms with Crippen LogP contribution in [0.5, 0.6) is 0 Å². The Kier molecular flexibility index (Phi) is 6.99. The number of carbonyl (C=O) groups is 1. The number of allylic oxidation sites excluding steroid dienone is 1. The highest BCUT2D eigenvalue weighted by Gasteiger charge is 2.13. The van der Waals surface area contributed by atoms with Crippen LogP contribution in [0.2, 0.25) is 5.02 Å². The lowest BCUT2D eigenvalue weighted by molar-refractivity contribution is 0.0954. The Morgan fingerprint density at radius 1 is 1.13 bits per heavy atom. The van der Waals surface area contributed by atoms with E-state index in [1.807, 2.05) is 43.3 Å². The van der Waals surface area contributed by atoms with E-state index < -0.39 is 0 Å². The number of hydrogen-bond acceptors (Lipinski definition) is 4. The number of carbonyl (C=O) groups excluding carboxylic acids is 1. The first-order chi connectivity index (χ1) is 14.5. The van der Waals surface area contributed by atoms with Crippen LogP contribution in [0, 0.1) is 12.3 Å². The second-order valence-electron chi connectivity index (χ2n) is 6.85. The molecule has 0 saturated carbocycles. The van der Waals surface area contributed by atoms with Crippen LogP contribution in [0.15, 0.2) is 72.9 Å². The summed E-state index contributed by atoms with van der Waals surface area (Å²) in [6, 6.07) is 18.2. The highest BCUT2D eigenvalue weighted by atomic mass is 35.5. The zero-order chi connectivity index (χ0) is 21.5. The maximum atomic E-state index is 12.7. The number of nitrogens with one attached hydrogen (secondary N) is 2. The lowest BCUT2D eigenvalue weighted by Gasteiger charge is -2.11. The molecule has 0 aliphatic heterocycles. The van der Waals surface area contributed by atoms with Gasteiger partial charge in [-0.25, -0.2) is 0 Å². The lowest BCUT2D eigenvalue weighted by Crippen LogP contribution is -2.27. The number of amides is 1. The summed E-state index contributed by atoms with van der Waals surface area (Å²) in [5.41, 5.74) is 10.4. The topological polar surface area (TPSA) is 91.9 Å². The number of pyridine rings is 1. The summed E-state index contributed by atoms with van der Waals surface area (Å²) in [6.07, 6.45) is 3.91. The zero-order valence-electron chi connectivity index (χ0n) is 16.7. The number of halogens is 1. The minimum atomic E-state index is -0.220. The highest BCUT2D eigenvalue weighted by molar-refractivity contribution is 6.32. The molecule has 0 atom stereocenters. The van der Waals surface area contributed by atoms with Crippen LogP contribution in [0.1, 0.15) is 32.7 Å². The second-order valence-corrected chi connectivity index (χ2v) is 7.26. The van der Waals surface area contributed by atoms with Crippen molar-refractivity contribution in [3.63, 3.8) is 0 Å². The molecule has 0 unspecified atom stereocenters. The largest absolute Gasteiger partial charge is 0.398 e. The minimum absolute atomic E-state index is 0.220. The van der Waals surface area contributed by atoms with E-state index in [-0.39, 0.29) is 11.6 Å². The SMILES string of the molecule is Cc1ccc(C(=N)C=C(N)c2ccccc2C(=O)NCCc2ccccn2)cc1Cl. The molecule has 0 aliphatic rings. The molecule has 30 heavy (non-hydrogen) atoms. The number of hydrogen-bond donors (Lipinski definition) is 3. The van der Waals surface area contributed by atoms with Crippen molar-refractivity contribution in [3.8, 4) is 0 Å². The van der Waals surface area contributed by atoms with Gasteiger partial charge in [-0.1, -0.05) is 48.0 Å². The van der Waals surface area contributed by atoms with Gasteiger partial charge in [0, 0.05) is 52.3 Å². The summed E-state index contributed by atoms with van der Waals surface area (Å²) >= 11 is 6.17. The first kappa shape index (κ1) is 21.3. The van der Waals surface area contributed by atoms with Gasteiger partial charge in [0.05, 0.1) is 5.71 Å². The fourth-order valence-electron chi connectivity index (χ4n) is 2.96. The predicted octanol–water partition coefficient (Wildman–Crippen LogP) is 4.38. The number of aromatic nitrogens is 1. The summed E-state index contributed by atoms with van der Waals surface area (Å²) in [5.74, 6) is -0.220. The van der Waals surface area contributed by atoms with E-state index in [1.165, 1.54) is 0 Å². The smallest absolute Gasteiger partial charge is 0.251 e. The van der Waals surface area contributed by atoms with Gasteiger partial charge in [-0.05, 0) is 42.8 Å². The van der Waals surface area contributed by atoms with Crippen molar-refractivity contribution < 1.29 is 4.79 Å². The molecule has 0 bridgehead atoms. The van der Waals surface area contributed by atoms with Crippen LogP contribution in [0.3, 0.4) is 0 Å². The molecular formula is C24H23ClN4O. The molecule has 152 valence electrons. The normalized spacial score (nSPS) is 11.2. The first-order valence-corrected chi connectivity index (χ1v) is 9.93. The van der Waals surface area contributed by atoms with Crippen LogP contribution >= 0.6 is 11.6 Å². The Hall–Kier alpha value is -3.44. The molecule has 6 heteroatoms. The molecule has 5 nitrogen and oxygen atoms in total. The van der Waals surface area contributed by atoms with Gasteiger partial charge >= 0.3 is 0 Å². The fourth-order valence-corrected chi connectivity index (χ4v) is 3.14. The summed E-state index contributed by atoms with van der Waals surface area (Å²) in [7, 11) is 0. The van der Waals surface area contributed by atoms with Crippen molar-refractivity contribution >= 4 is 28.9 Å². The third-order valence-corrected chi connectivity index (χ3v) is 5.07. The second kappa shape index (κ2) is 9.85. The van der Waals surface area contributed by atoms with Crippen LogP contribution in [-0.2, 0) is 6.42 Å². The van der Waals surface area contributed by atoms with Gasteiger partial charge in [-0.15, -0.1) is 0 Å². The number of nitrogens with zero attached hydrogens (tertiary/aromatic N) is 1. The average molecular weight is 419 g/mol. The number of aryl methyl sites for hydroxylation is 1. The third-order valence-electron chi connectivity index (χ3n) is 4.66. The number of rotatable bonds is 7. The van der Waals surface area contributed by atoms with Crippen molar-refractivity contribution in [3.05, 3.63) is 106 Å². The van der Waals surface area contributed by atoms with Gasteiger partial charge in [0.1, 0.15) is 0 Å². The van der Waals surface area contributed by atoms with Crippen LogP contribution < -0.4 is 11.1 Å². The first-order valence-electron chi connectivity index (χ1n) is 9.55. The van der Waals surface area contributed by atoms with Gasteiger partial charge in [0.2, 0.25) is 0 Å². The Balaban J connectivity index is 1.74. The van der Waals surface area contributed by atoms with E-state index in [4.69, 9.17) is 22.7 Å². The molecular weight excluding hydrogens is 396 g/mol. The molecule has 1 heterocycles. The van der Waals surface area contributed by atoms with Crippen molar-refractivity contribution in [1.29, 1.82) is 5.41 Å². The molecule has 0 aliphatic carbocycles. The highest BCUT2D eigenvalue weighted by Crippen LogP contribution is 2.20. The van der Waals surface area contributed by atoms with Crippen molar-refractivity contribution in [2.75, 3.05) is 6.54 Å². The summed E-state index contributed by atoms with van der Waals surface area (Å²) in [4.78, 5) is 17.0. The molecule has 1 amide bonds. The molecule has 0 fully saturated rings. The molecule has 3 aromatic rings. The Morgan fingerprint density at radius 3 is 2.57 bits per heavy atom. The lowest BCUT2D eigenvalue weighted by atomic mass is 10.0. The van der Waals surface area contributed by atoms with Gasteiger partial charge in [0.25, 0.3) is 5.91 Å². The van der Waals surface area contributed by atoms with Gasteiger partial charge < -0.3 is 16.5 Å². The zero-order valence-corrected chi connectivity index (χ0v) is 17.4. The number of benzene rings is 2. The monoisotopic (exact) mass is 418 g/mol. The molecule has 0 saturated heterocycles. The average Bonchev–Trinajstić information content (AvgIpc) is 2.76. The number of nitrogens with two attached hydrogens (primary N) is 1. The van der Waals surface area contributed by atoms with E-state index in [0.717, 1.165) is 11.3 Å². The van der Waals surface area contributed by atoms with E-state index in [0.29, 0.717) is 40.4 Å². The Labute approximate surface area is 181 Å². The summed E-state index contributed by atoms with van der Waals surface area (Å²) in [5, 5.41) is 11.8. The molecule has 0 radical (unpaired) electrons. The van der Waals surface area contributed by atoms with Gasteiger partial charge in [0.15, 0.2) is 0 Å². The van der Waals surface area contributed by atoms with E-state index >= 15 is 0 Å². The molecule has 2 aromatic carbocycles. The van der Waals surface area contributed by atoms with E-state index in [9.17, 15) is 4.79 Å². The van der Waals surface area contributed by atoms with Crippen molar-refractivity contribution in [1.82, 2.24) is 10.3 Å². The van der Waals surface area contributed by atoms with Crippen LogP contribution in [-0.4, -0.2) is 23.1 Å². The molecule has 1 aromatic heterocycles. The van der Waals surface area contributed by atoms with Crippen molar-refractivity contribution in [2.45, 2.75) is 13.3 Å². The van der Waals surface area contributed by atoms with Gasteiger partial charge in [-0.2, -0.15) is 0 Å². The predicted molar refractivity (Wildman–Crippen MR) is 122 cm³/mol. The minimum Gasteiger partial charge on any atom is -0.398 e. The van der Waals surface area contributed by atoms with E-state index in [2.05, 4.69) is 10.3 Å². The molecule has 0 spiro atoms.